The molecule has 0 saturated carbocycles. The lowest BCUT2D eigenvalue weighted by Crippen LogP contribution is -2.41. The molecule has 2 aliphatic heterocycles. The van der Waals surface area contributed by atoms with Gasteiger partial charge in [0.15, 0.2) is 0 Å². The minimum Gasteiger partial charge on any atom is -0.399 e. The molecule has 1 saturated heterocycles. The van der Waals surface area contributed by atoms with Gasteiger partial charge in [-0.15, -0.1) is 0 Å². The summed E-state index contributed by atoms with van der Waals surface area (Å²) in [6, 6.07) is 0. The van der Waals surface area contributed by atoms with Gasteiger partial charge in [-0.2, -0.15) is 4.39 Å². The Morgan fingerprint density at radius 1 is 1.25 bits per heavy atom. The molecular weight excluding hydrogens is 208 g/mol. The van der Waals surface area contributed by atoms with E-state index in [1.807, 2.05) is 27.7 Å². The average Bonchev–Trinajstić information content (AvgIpc) is 2.36. The maximum Gasteiger partial charge on any atom is 0.510 e. The van der Waals surface area contributed by atoms with E-state index in [0.29, 0.717) is 18.5 Å². The fourth-order valence-corrected chi connectivity index (χ4v) is 1.73. The second kappa shape index (κ2) is 3.67. The summed E-state index contributed by atoms with van der Waals surface area (Å²) in [5, 5.41) is 0. The third-order valence-corrected chi connectivity index (χ3v) is 3.49. The number of hydrogen-bond donors (Lipinski definition) is 0. The predicted octanol–water partition coefficient (Wildman–Crippen LogP) is 2.66. The van der Waals surface area contributed by atoms with Crippen LogP contribution in [0.4, 0.5) is 4.39 Å². The number of rotatable bonds is 1. The summed E-state index contributed by atoms with van der Waals surface area (Å²) in [5.41, 5.74) is -0.131. The zero-order valence-electron chi connectivity index (χ0n) is 10.2. The van der Waals surface area contributed by atoms with Gasteiger partial charge in [0.1, 0.15) is 0 Å². The van der Waals surface area contributed by atoms with Crippen molar-refractivity contribution in [3.63, 3.8) is 0 Å². The van der Waals surface area contributed by atoms with Crippen molar-refractivity contribution in [1.82, 2.24) is 0 Å². The fourth-order valence-electron chi connectivity index (χ4n) is 1.73. The van der Waals surface area contributed by atoms with Crippen LogP contribution in [0, 0.1) is 0 Å². The van der Waals surface area contributed by atoms with Gasteiger partial charge in [0.2, 0.25) is 5.95 Å². The molecule has 2 aliphatic rings. The summed E-state index contributed by atoms with van der Waals surface area (Å²) in [6.07, 6.45) is 2.84. The highest BCUT2D eigenvalue weighted by molar-refractivity contribution is 6.82. The Labute approximate surface area is 95.9 Å². The van der Waals surface area contributed by atoms with E-state index < -0.39 is 24.3 Å². The van der Waals surface area contributed by atoms with Crippen molar-refractivity contribution < 1.29 is 13.7 Å². The second-order valence-electron chi connectivity index (χ2n) is 5.26. The Balaban J connectivity index is 2.18. The van der Waals surface area contributed by atoms with Crippen LogP contribution in [0.1, 0.15) is 40.5 Å². The molecule has 0 atom stereocenters. The van der Waals surface area contributed by atoms with Crippen LogP contribution in [0.3, 0.4) is 0 Å². The molecule has 0 aromatic carbocycles. The minimum absolute atomic E-state index is 0.391. The SMILES string of the molecule is CC1(C)OB(C2=NC(F)=CCC2)OC1(C)C. The third-order valence-electron chi connectivity index (χ3n) is 3.49. The molecule has 0 spiro atoms. The molecule has 0 amide bonds. The molecule has 2 heterocycles. The lowest BCUT2D eigenvalue weighted by molar-refractivity contribution is 0.00578. The van der Waals surface area contributed by atoms with Crippen molar-refractivity contribution in [1.29, 1.82) is 0 Å². The molecule has 3 nitrogen and oxygen atoms in total. The van der Waals surface area contributed by atoms with Gasteiger partial charge in [-0.05, 0) is 46.6 Å². The molecule has 5 heteroatoms. The van der Waals surface area contributed by atoms with Crippen molar-refractivity contribution >= 4 is 12.7 Å². The molecular formula is C11H17BFNO2. The average molecular weight is 225 g/mol. The summed E-state index contributed by atoms with van der Waals surface area (Å²) in [4.78, 5) is 3.86. The molecule has 0 N–H and O–H groups in total. The van der Waals surface area contributed by atoms with Gasteiger partial charge in [-0.1, -0.05) is 0 Å². The molecule has 88 valence electrons. The minimum atomic E-state index is -0.510. The summed E-state index contributed by atoms with van der Waals surface area (Å²) >= 11 is 0. The lowest BCUT2D eigenvalue weighted by Gasteiger charge is -2.32. The normalized spacial score (nSPS) is 27.7. The molecule has 1 fully saturated rings. The monoisotopic (exact) mass is 225 g/mol. The number of allylic oxidation sites excluding steroid dienone is 1. The van der Waals surface area contributed by atoms with Gasteiger partial charge in [0.05, 0.1) is 16.8 Å². The highest BCUT2D eigenvalue weighted by Crippen LogP contribution is 2.37. The van der Waals surface area contributed by atoms with Crippen molar-refractivity contribution in [3.05, 3.63) is 12.0 Å². The number of aliphatic imine (C=N–C) groups is 1. The van der Waals surface area contributed by atoms with Crippen molar-refractivity contribution in [3.8, 4) is 0 Å². The Hall–Kier alpha value is -0.675. The highest BCUT2D eigenvalue weighted by atomic mass is 19.1. The van der Waals surface area contributed by atoms with Gasteiger partial charge < -0.3 is 9.31 Å². The summed E-state index contributed by atoms with van der Waals surface area (Å²) < 4.78 is 24.6. The van der Waals surface area contributed by atoms with E-state index in [-0.39, 0.29) is 0 Å². The van der Waals surface area contributed by atoms with E-state index >= 15 is 0 Å². The van der Waals surface area contributed by atoms with E-state index in [1.165, 1.54) is 6.08 Å². The molecule has 0 bridgehead atoms. The molecule has 0 aromatic rings. The number of nitrogens with zero attached hydrogens (tertiary/aromatic N) is 1. The van der Waals surface area contributed by atoms with E-state index in [1.54, 1.807) is 0 Å². The molecule has 2 rings (SSSR count). The Kier molecular flexibility index (Phi) is 2.71. The smallest absolute Gasteiger partial charge is 0.399 e. The van der Waals surface area contributed by atoms with Crippen LogP contribution in [0.15, 0.2) is 17.0 Å². The van der Waals surface area contributed by atoms with Crippen LogP contribution in [0.5, 0.6) is 0 Å². The van der Waals surface area contributed by atoms with Gasteiger partial charge >= 0.3 is 7.12 Å². The Morgan fingerprint density at radius 2 is 1.81 bits per heavy atom. The molecule has 0 unspecified atom stereocenters. The number of halogens is 1. The largest absolute Gasteiger partial charge is 0.510 e. The zero-order chi connectivity index (χ0) is 12.0. The van der Waals surface area contributed by atoms with E-state index in [0.717, 1.165) is 0 Å². The third kappa shape index (κ3) is 1.94. The van der Waals surface area contributed by atoms with Gasteiger partial charge in [-0.3, -0.25) is 0 Å². The fraction of sp³-hybridized carbons (Fsp3) is 0.727. The second-order valence-corrected chi connectivity index (χ2v) is 5.26. The first-order valence-electron chi connectivity index (χ1n) is 5.61. The number of hydrogen-bond acceptors (Lipinski definition) is 3. The van der Waals surface area contributed by atoms with E-state index in [4.69, 9.17) is 9.31 Å². The Bertz CT molecular complexity index is 347. The van der Waals surface area contributed by atoms with Crippen LogP contribution in [-0.2, 0) is 9.31 Å². The van der Waals surface area contributed by atoms with Gasteiger partial charge in [0.25, 0.3) is 0 Å². The predicted molar refractivity (Wildman–Crippen MR) is 61.9 cm³/mol. The van der Waals surface area contributed by atoms with Gasteiger partial charge in [-0.25, -0.2) is 4.99 Å². The molecule has 0 aromatic heterocycles. The van der Waals surface area contributed by atoms with E-state index in [9.17, 15) is 4.39 Å². The topological polar surface area (TPSA) is 30.8 Å². The van der Waals surface area contributed by atoms with Crippen molar-refractivity contribution in [2.24, 2.45) is 4.99 Å². The van der Waals surface area contributed by atoms with Crippen LogP contribution in [0.2, 0.25) is 0 Å². The Morgan fingerprint density at radius 3 is 2.31 bits per heavy atom. The maximum absolute atomic E-state index is 13.0. The first-order chi connectivity index (χ1) is 7.32. The van der Waals surface area contributed by atoms with Crippen LogP contribution in [0.25, 0.3) is 0 Å². The van der Waals surface area contributed by atoms with Crippen LogP contribution < -0.4 is 0 Å². The van der Waals surface area contributed by atoms with Crippen molar-refractivity contribution in [2.45, 2.75) is 51.7 Å². The first-order valence-corrected chi connectivity index (χ1v) is 5.61. The molecule has 0 radical (unpaired) electrons. The standard InChI is InChI=1S/C11H17BFNO2/c1-10(2)11(3,4)16-12(15-10)8-6-5-7-9(13)14-8/h7H,5-6H2,1-4H3. The molecule has 16 heavy (non-hydrogen) atoms. The summed E-state index contributed by atoms with van der Waals surface area (Å²) in [6.45, 7) is 7.90. The highest BCUT2D eigenvalue weighted by Gasteiger charge is 2.53. The summed E-state index contributed by atoms with van der Waals surface area (Å²) in [5.74, 6) is -0.434. The quantitative estimate of drug-likeness (QED) is 0.507. The zero-order valence-corrected chi connectivity index (χ0v) is 10.2. The molecule has 0 aliphatic carbocycles. The van der Waals surface area contributed by atoms with Crippen LogP contribution >= 0.6 is 0 Å². The summed E-state index contributed by atoms with van der Waals surface area (Å²) in [7, 11) is -0.510. The lowest BCUT2D eigenvalue weighted by atomic mass is 9.78. The maximum atomic E-state index is 13.0. The first kappa shape index (κ1) is 11.8. The van der Waals surface area contributed by atoms with E-state index in [2.05, 4.69) is 4.99 Å². The van der Waals surface area contributed by atoms with Crippen LogP contribution in [-0.4, -0.2) is 23.9 Å². The van der Waals surface area contributed by atoms with Crippen molar-refractivity contribution in [2.75, 3.05) is 0 Å². The van der Waals surface area contributed by atoms with Gasteiger partial charge in [0, 0.05) is 0 Å².